The van der Waals surface area contributed by atoms with Crippen LogP contribution < -0.4 is 5.32 Å². The van der Waals surface area contributed by atoms with Gasteiger partial charge < -0.3 is 15.0 Å². The number of hydrogen-bond acceptors (Lipinski definition) is 3. The molecule has 3 heterocycles. The first-order valence-electron chi connectivity index (χ1n) is 5.92. The summed E-state index contributed by atoms with van der Waals surface area (Å²) in [6.07, 6.45) is 1.02. The van der Waals surface area contributed by atoms with Crippen molar-refractivity contribution < 1.29 is 9.53 Å². The summed E-state index contributed by atoms with van der Waals surface area (Å²) >= 11 is 0. The molecular weight excluding hydrogens is 192 g/mol. The first-order valence-corrected chi connectivity index (χ1v) is 5.92. The highest BCUT2D eigenvalue weighted by molar-refractivity contribution is 5.79. The van der Waals surface area contributed by atoms with E-state index >= 15 is 0 Å². The van der Waals surface area contributed by atoms with Gasteiger partial charge in [0.05, 0.1) is 19.1 Å². The van der Waals surface area contributed by atoms with Gasteiger partial charge in [0.25, 0.3) is 0 Å². The highest BCUT2D eigenvalue weighted by Gasteiger charge is 2.40. The molecule has 0 unspecified atom stereocenters. The van der Waals surface area contributed by atoms with Gasteiger partial charge in [0, 0.05) is 31.5 Å². The molecule has 3 aliphatic heterocycles. The third kappa shape index (κ3) is 1.66. The maximum absolute atomic E-state index is 12.1. The van der Waals surface area contributed by atoms with Crippen molar-refractivity contribution >= 4 is 5.91 Å². The van der Waals surface area contributed by atoms with E-state index in [0.29, 0.717) is 17.7 Å². The van der Waals surface area contributed by atoms with E-state index in [0.717, 1.165) is 45.8 Å². The van der Waals surface area contributed by atoms with E-state index in [4.69, 9.17) is 4.74 Å². The number of amides is 1. The third-order valence-corrected chi connectivity index (χ3v) is 3.96. The van der Waals surface area contributed by atoms with E-state index in [1.54, 1.807) is 0 Å². The monoisotopic (exact) mass is 210 g/mol. The van der Waals surface area contributed by atoms with Crippen LogP contribution in [0.5, 0.6) is 0 Å². The Morgan fingerprint density at radius 2 is 2.00 bits per heavy atom. The van der Waals surface area contributed by atoms with Gasteiger partial charge in [-0.1, -0.05) is 0 Å². The van der Waals surface area contributed by atoms with Crippen LogP contribution in [0, 0.1) is 17.8 Å². The number of nitrogens with one attached hydrogen (secondary N) is 1. The Labute approximate surface area is 90.0 Å². The van der Waals surface area contributed by atoms with Crippen molar-refractivity contribution in [2.24, 2.45) is 17.8 Å². The second-order valence-corrected chi connectivity index (χ2v) is 4.99. The molecule has 3 fully saturated rings. The molecular formula is C11H18N2O2. The first-order chi connectivity index (χ1) is 7.34. The summed E-state index contributed by atoms with van der Waals surface area (Å²) in [5.41, 5.74) is 0. The van der Waals surface area contributed by atoms with Gasteiger partial charge >= 0.3 is 0 Å². The molecule has 0 aromatic carbocycles. The van der Waals surface area contributed by atoms with Crippen molar-refractivity contribution in [1.82, 2.24) is 10.2 Å². The molecule has 0 aliphatic carbocycles. The van der Waals surface area contributed by atoms with Gasteiger partial charge in [0.2, 0.25) is 5.91 Å². The van der Waals surface area contributed by atoms with E-state index in [9.17, 15) is 4.79 Å². The summed E-state index contributed by atoms with van der Waals surface area (Å²) in [6, 6.07) is 0. The number of nitrogens with zero attached hydrogens (tertiary/aromatic N) is 1. The minimum atomic E-state index is 0.241. The average Bonchev–Trinajstić information content (AvgIpc) is 2.92. The Hall–Kier alpha value is -0.610. The SMILES string of the molecule is O=C([C@H]1CCNC1)N1C[C@H]2COC[C@H]2C1. The molecule has 3 rings (SSSR count). The molecule has 0 aromatic rings. The van der Waals surface area contributed by atoms with E-state index in [1.807, 2.05) is 0 Å². The van der Waals surface area contributed by atoms with Gasteiger partial charge in [-0.05, 0) is 13.0 Å². The molecule has 3 saturated heterocycles. The van der Waals surface area contributed by atoms with E-state index in [2.05, 4.69) is 10.2 Å². The molecule has 0 spiro atoms. The summed E-state index contributed by atoms with van der Waals surface area (Å²) in [6.45, 7) is 5.45. The number of hydrogen-bond donors (Lipinski definition) is 1. The van der Waals surface area contributed by atoms with E-state index in [1.165, 1.54) is 0 Å². The fourth-order valence-electron chi connectivity index (χ4n) is 2.99. The summed E-state index contributed by atoms with van der Waals surface area (Å²) < 4.78 is 5.41. The molecule has 0 radical (unpaired) electrons. The van der Waals surface area contributed by atoms with Crippen LogP contribution in [0.4, 0.5) is 0 Å². The van der Waals surface area contributed by atoms with Gasteiger partial charge in [-0.3, -0.25) is 4.79 Å². The van der Waals surface area contributed by atoms with Gasteiger partial charge in [0.15, 0.2) is 0 Å². The Balaban J connectivity index is 1.61. The standard InChI is InChI=1S/C11H18N2O2/c14-11(8-1-2-12-3-8)13-4-9-6-15-7-10(9)5-13/h8-10,12H,1-7H2/t8-,9-,10+/m0/s1. The second kappa shape index (κ2) is 3.76. The van der Waals surface area contributed by atoms with Crippen LogP contribution in [0.3, 0.4) is 0 Å². The molecule has 0 aromatic heterocycles. The first kappa shape index (κ1) is 9.60. The molecule has 0 saturated carbocycles. The van der Waals surface area contributed by atoms with Crippen molar-refractivity contribution in [3.05, 3.63) is 0 Å². The summed E-state index contributed by atoms with van der Waals surface area (Å²) in [4.78, 5) is 14.2. The topological polar surface area (TPSA) is 41.6 Å². The number of carbonyl (C=O) groups is 1. The minimum absolute atomic E-state index is 0.241. The smallest absolute Gasteiger partial charge is 0.227 e. The number of ether oxygens (including phenoxy) is 1. The quantitative estimate of drug-likeness (QED) is 0.646. The summed E-state index contributed by atoms with van der Waals surface area (Å²) in [7, 11) is 0. The fraction of sp³-hybridized carbons (Fsp3) is 0.909. The van der Waals surface area contributed by atoms with Crippen molar-refractivity contribution in [3.63, 3.8) is 0 Å². The molecule has 3 aliphatic rings. The Morgan fingerprint density at radius 3 is 2.60 bits per heavy atom. The van der Waals surface area contributed by atoms with Crippen molar-refractivity contribution in [1.29, 1.82) is 0 Å². The van der Waals surface area contributed by atoms with Gasteiger partial charge in [0.1, 0.15) is 0 Å². The van der Waals surface area contributed by atoms with Crippen molar-refractivity contribution in [3.8, 4) is 0 Å². The lowest BCUT2D eigenvalue weighted by molar-refractivity contribution is -0.134. The summed E-state index contributed by atoms with van der Waals surface area (Å²) in [5.74, 6) is 1.84. The number of carbonyl (C=O) groups excluding carboxylic acids is 1. The predicted molar refractivity (Wildman–Crippen MR) is 55.4 cm³/mol. The van der Waals surface area contributed by atoms with Crippen LogP contribution in [0.15, 0.2) is 0 Å². The maximum Gasteiger partial charge on any atom is 0.227 e. The Kier molecular flexibility index (Phi) is 2.41. The molecule has 84 valence electrons. The zero-order valence-electron chi connectivity index (χ0n) is 8.95. The number of rotatable bonds is 1. The number of likely N-dealkylation sites (tertiary alicyclic amines) is 1. The molecule has 4 nitrogen and oxygen atoms in total. The van der Waals surface area contributed by atoms with Gasteiger partial charge in [-0.2, -0.15) is 0 Å². The lowest BCUT2D eigenvalue weighted by Gasteiger charge is -2.20. The molecule has 4 heteroatoms. The highest BCUT2D eigenvalue weighted by atomic mass is 16.5. The van der Waals surface area contributed by atoms with Crippen LogP contribution >= 0.6 is 0 Å². The average molecular weight is 210 g/mol. The van der Waals surface area contributed by atoms with Crippen LogP contribution in [0.25, 0.3) is 0 Å². The van der Waals surface area contributed by atoms with E-state index < -0.39 is 0 Å². The van der Waals surface area contributed by atoms with Crippen LogP contribution in [0.2, 0.25) is 0 Å². The Morgan fingerprint density at radius 1 is 1.27 bits per heavy atom. The predicted octanol–water partition coefficient (Wildman–Crippen LogP) is -0.299. The molecule has 0 bridgehead atoms. The van der Waals surface area contributed by atoms with Gasteiger partial charge in [-0.25, -0.2) is 0 Å². The maximum atomic E-state index is 12.1. The van der Waals surface area contributed by atoms with Crippen molar-refractivity contribution in [2.75, 3.05) is 39.4 Å². The molecule has 15 heavy (non-hydrogen) atoms. The van der Waals surface area contributed by atoms with Crippen LogP contribution in [-0.2, 0) is 9.53 Å². The van der Waals surface area contributed by atoms with E-state index in [-0.39, 0.29) is 5.92 Å². The largest absolute Gasteiger partial charge is 0.381 e. The zero-order chi connectivity index (χ0) is 10.3. The molecule has 1 amide bonds. The summed E-state index contributed by atoms with van der Waals surface area (Å²) in [5, 5.41) is 3.25. The van der Waals surface area contributed by atoms with Gasteiger partial charge in [-0.15, -0.1) is 0 Å². The number of fused-ring (bicyclic) bond motifs is 1. The highest BCUT2D eigenvalue weighted by Crippen LogP contribution is 2.30. The van der Waals surface area contributed by atoms with Crippen LogP contribution in [-0.4, -0.2) is 50.2 Å². The fourth-order valence-corrected chi connectivity index (χ4v) is 2.99. The second-order valence-electron chi connectivity index (χ2n) is 4.99. The molecule has 1 N–H and O–H groups in total. The third-order valence-electron chi connectivity index (χ3n) is 3.96. The van der Waals surface area contributed by atoms with Crippen LogP contribution in [0.1, 0.15) is 6.42 Å². The lowest BCUT2D eigenvalue weighted by Crippen LogP contribution is -2.36. The minimum Gasteiger partial charge on any atom is -0.381 e. The normalized spacial score (nSPS) is 39.7. The van der Waals surface area contributed by atoms with Crippen molar-refractivity contribution in [2.45, 2.75) is 6.42 Å². The Bertz CT molecular complexity index is 251. The molecule has 3 atom stereocenters. The lowest BCUT2D eigenvalue weighted by atomic mass is 10.0. The zero-order valence-corrected chi connectivity index (χ0v) is 8.95.